The molecule has 28 heavy (non-hydrogen) atoms. The predicted octanol–water partition coefficient (Wildman–Crippen LogP) is 6.14. The van der Waals surface area contributed by atoms with Gasteiger partial charge in [-0.15, -0.1) is 11.8 Å². The number of hydrogen-bond acceptors (Lipinski definition) is 3. The van der Waals surface area contributed by atoms with Crippen molar-refractivity contribution in [3.63, 3.8) is 0 Å². The lowest BCUT2D eigenvalue weighted by Crippen LogP contribution is -2.09. The van der Waals surface area contributed by atoms with Gasteiger partial charge in [-0.3, -0.25) is 0 Å². The first-order valence-electron chi connectivity index (χ1n) is 8.71. The molecule has 0 aliphatic heterocycles. The van der Waals surface area contributed by atoms with Gasteiger partial charge in [0.2, 0.25) is 0 Å². The second kappa shape index (κ2) is 10.2. The number of benzene rings is 3. The van der Waals surface area contributed by atoms with E-state index in [-0.39, 0.29) is 6.61 Å². The van der Waals surface area contributed by atoms with Gasteiger partial charge in [-0.2, -0.15) is 0 Å². The minimum absolute atomic E-state index is 0.332. The van der Waals surface area contributed by atoms with Crippen molar-refractivity contribution >= 4 is 39.2 Å². The Hall–Kier alpha value is -2.50. The maximum absolute atomic E-state index is 10.6. The molecule has 0 bridgehead atoms. The van der Waals surface area contributed by atoms with Crippen molar-refractivity contribution in [1.29, 1.82) is 0 Å². The van der Waals surface area contributed by atoms with Gasteiger partial charge in [-0.1, -0.05) is 70.5 Å². The van der Waals surface area contributed by atoms with Gasteiger partial charge in [-0.05, 0) is 47.0 Å². The topological polar surface area (TPSA) is 46.5 Å². The first-order chi connectivity index (χ1) is 13.6. The van der Waals surface area contributed by atoms with Crippen molar-refractivity contribution in [3.05, 3.63) is 101 Å². The lowest BCUT2D eigenvalue weighted by Gasteiger charge is -2.11. The van der Waals surface area contributed by atoms with Gasteiger partial charge in [0.15, 0.2) is 6.61 Å². The Bertz CT molecular complexity index is 953. The highest BCUT2D eigenvalue weighted by atomic mass is 79.9. The molecule has 0 heterocycles. The number of aliphatic carboxylic acids is 1. The Morgan fingerprint density at radius 2 is 1.64 bits per heavy atom. The Labute approximate surface area is 177 Å². The van der Waals surface area contributed by atoms with Crippen LogP contribution in [0.3, 0.4) is 0 Å². The molecule has 3 aromatic carbocycles. The third kappa shape index (κ3) is 5.75. The summed E-state index contributed by atoms with van der Waals surface area (Å²) in [5, 5.41) is 8.67. The first kappa shape index (κ1) is 20.2. The standard InChI is InChI=1S/C23H19BrO3S/c24-22-9-5-4-8-21(22)20(17-6-2-1-3-7-17)14-15-28-19-12-10-18(11-13-19)27-16-23(25)26/h1-14H,15-16H2,(H,25,26)/b20-14-. The summed E-state index contributed by atoms with van der Waals surface area (Å²) >= 11 is 5.37. The summed E-state index contributed by atoms with van der Waals surface area (Å²) in [5.74, 6) is 0.380. The molecule has 0 aromatic heterocycles. The molecular formula is C23H19BrO3S. The summed E-state index contributed by atoms with van der Waals surface area (Å²) in [6.45, 7) is -0.332. The van der Waals surface area contributed by atoms with E-state index in [0.717, 1.165) is 20.7 Å². The number of ether oxygens (including phenoxy) is 1. The van der Waals surface area contributed by atoms with Crippen molar-refractivity contribution in [2.24, 2.45) is 0 Å². The molecule has 0 spiro atoms. The lowest BCUT2D eigenvalue weighted by molar-refractivity contribution is -0.139. The summed E-state index contributed by atoms with van der Waals surface area (Å²) < 4.78 is 6.23. The van der Waals surface area contributed by atoms with E-state index >= 15 is 0 Å². The molecule has 142 valence electrons. The summed E-state index contributed by atoms with van der Waals surface area (Å²) in [4.78, 5) is 11.7. The minimum Gasteiger partial charge on any atom is -0.482 e. The second-order valence-corrected chi connectivity index (χ2v) is 7.88. The number of halogens is 1. The van der Waals surface area contributed by atoms with Crippen LogP contribution in [0, 0.1) is 0 Å². The molecule has 0 amide bonds. The number of rotatable bonds is 8. The molecule has 3 nitrogen and oxygen atoms in total. The fraction of sp³-hybridized carbons (Fsp3) is 0.0870. The van der Waals surface area contributed by atoms with Crippen LogP contribution < -0.4 is 4.74 Å². The highest BCUT2D eigenvalue weighted by Gasteiger charge is 2.08. The highest BCUT2D eigenvalue weighted by molar-refractivity contribution is 9.10. The maximum Gasteiger partial charge on any atom is 0.341 e. The predicted molar refractivity (Wildman–Crippen MR) is 118 cm³/mol. The molecule has 0 saturated carbocycles. The average molecular weight is 455 g/mol. The van der Waals surface area contributed by atoms with Gasteiger partial charge in [0.25, 0.3) is 0 Å². The zero-order chi connectivity index (χ0) is 19.8. The van der Waals surface area contributed by atoms with Crippen molar-refractivity contribution in [2.45, 2.75) is 4.90 Å². The maximum atomic E-state index is 10.6. The van der Waals surface area contributed by atoms with Gasteiger partial charge in [0.05, 0.1) is 0 Å². The van der Waals surface area contributed by atoms with Crippen molar-refractivity contribution < 1.29 is 14.6 Å². The number of carbonyl (C=O) groups is 1. The zero-order valence-corrected chi connectivity index (χ0v) is 17.4. The summed E-state index contributed by atoms with van der Waals surface area (Å²) in [7, 11) is 0. The lowest BCUT2D eigenvalue weighted by atomic mass is 9.98. The molecule has 3 aromatic rings. The van der Waals surface area contributed by atoms with E-state index < -0.39 is 5.97 Å². The molecule has 0 saturated heterocycles. The second-order valence-electron chi connectivity index (χ2n) is 5.93. The Morgan fingerprint density at radius 3 is 2.32 bits per heavy atom. The Morgan fingerprint density at radius 1 is 0.964 bits per heavy atom. The van der Waals surface area contributed by atoms with Crippen LogP contribution in [0.2, 0.25) is 0 Å². The van der Waals surface area contributed by atoms with Crippen molar-refractivity contribution in [3.8, 4) is 5.75 Å². The molecule has 0 unspecified atom stereocenters. The fourth-order valence-electron chi connectivity index (χ4n) is 2.68. The summed E-state index contributed by atoms with van der Waals surface area (Å²) in [6.07, 6.45) is 2.23. The molecule has 0 fully saturated rings. The van der Waals surface area contributed by atoms with Gasteiger partial charge in [-0.25, -0.2) is 4.79 Å². The van der Waals surface area contributed by atoms with E-state index in [1.165, 1.54) is 11.1 Å². The van der Waals surface area contributed by atoms with Crippen LogP contribution in [0.4, 0.5) is 0 Å². The van der Waals surface area contributed by atoms with Gasteiger partial charge >= 0.3 is 5.97 Å². The van der Waals surface area contributed by atoms with Crippen LogP contribution in [-0.2, 0) is 4.79 Å². The number of carboxylic acid groups (broad SMARTS) is 1. The van der Waals surface area contributed by atoms with Crippen molar-refractivity contribution in [2.75, 3.05) is 12.4 Å². The van der Waals surface area contributed by atoms with Crippen LogP contribution in [0.5, 0.6) is 5.75 Å². The van der Waals surface area contributed by atoms with E-state index in [2.05, 4.69) is 46.3 Å². The summed E-state index contributed by atoms with van der Waals surface area (Å²) in [5.41, 5.74) is 3.51. The van der Waals surface area contributed by atoms with Crippen LogP contribution >= 0.6 is 27.7 Å². The molecule has 5 heteroatoms. The van der Waals surface area contributed by atoms with E-state index in [1.807, 2.05) is 42.5 Å². The van der Waals surface area contributed by atoms with Crippen LogP contribution in [0.25, 0.3) is 5.57 Å². The third-order valence-corrected chi connectivity index (χ3v) is 5.60. The zero-order valence-electron chi connectivity index (χ0n) is 15.0. The van der Waals surface area contributed by atoms with E-state index in [1.54, 1.807) is 23.9 Å². The smallest absolute Gasteiger partial charge is 0.341 e. The third-order valence-electron chi connectivity index (χ3n) is 3.97. The van der Waals surface area contributed by atoms with E-state index in [4.69, 9.17) is 9.84 Å². The summed E-state index contributed by atoms with van der Waals surface area (Å²) in [6, 6.07) is 26.0. The van der Waals surface area contributed by atoms with E-state index in [0.29, 0.717) is 5.75 Å². The van der Waals surface area contributed by atoms with Crippen LogP contribution in [-0.4, -0.2) is 23.4 Å². The number of hydrogen-bond donors (Lipinski definition) is 1. The van der Waals surface area contributed by atoms with Crippen LogP contribution in [0.15, 0.2) is 94.3 Å². The van der Waals surface area contributed by atoms with Gasteiger partial charge < -0.3 is 9.84 Å². The molecular weight excluding hydrogens is 436 g/mol. The van der Waals surface area contributed by atoms with E-state index in [9.17, 15) is 4.79 Å². The molecule has 0 radical (unpaired) electrons. The monoisotopic (exact) mass is 454 g/mol. The van der Waals surface area contributed by atoms with Gasteiger partial charge in [0.1, 0.15) is 5.75 Å². The SMILES string of the molecule is O=C(O)COc1ccc(SC/C=C(/c2ccccc2)c2ccccc2Br)cc1. The fourth-order valence-corrected chi connectivity index (χ4v) is 3.95. The van der Waals surface area contributed by atoms with Gasteiger partial charge in [0, 0.05) is 15.1 Å². The largest absolute Gasteiger partial charge is 0.482 e. The first-order valence-corrected chi connectivity index (χ1v) is 10.5. The average Bonchev–Trinajstić information content (AvgIpc) is 2.72. The Kier molecular flexibility index (Phi) is 7.34. The molecule has 0 atom stereocenters. The van der Waals surface area contributed by atoms with Crippen molar-refractivity contribution in [1.82, 2.24) is 0 Å². The normalized spacial score (nSPS) is 11.2. The minimum atomic E-state index is -0.982. The molecule has 3 rings (SSSR count). The van der Waals surface area contributed by atoms with Crippen LogP contribution in [0.1, 0.15) is 11.1 Å². The highest BCUT2D eigenvalue weighted by Crippen LogP contribution is 2.31. The number of thioether (sulfide) groups is 1. The molecule has 1 N–H and O–H groups in total. The Balaban J connectivity index is 1.74. The molecule has 0 aliphatic rings. The number of carboxylic acids is 1. The molecule has 0 aliphatic carbocycles. The quantitative estimate of drug-likeness (QED) is 0.415.